The second-order valence-corrected chi connectivity index (χ2v) is 6.27. The third-order valence-corrected chi connectivity index (χ3v) is 4.33. The van der Waals surface area contributed by atoms with E-state index in [-0.39, 0.29) is 12.5 Å². The second kappa shape index (κ2) is 7.35. The summed E-state index contributed by atoms with van der Waals surface area (Å²) in [5, 5.41) is 4.66. The van der Waals surface area contributed by atoms with Crippen LogP contribution in [0.1, 0.15) is 11.8 Å². The summed E-state index contributed by atoms with van der Waals surface area (Å²) >= 11 is 1.55. The molecule has 6 nitrogen and oxygen atoms in total. The number of benzene rings is 1. The topological polar surface area (TPSA) is 73.9 Å². The molecule has 1 aliphatic rings. The molecule has 0 fully saturated rings. The van der Waals surface area contributed by atoms with Crippen molar-refractivity contribution in [2.75, 3.05) is 6.61 Å². The van der Waals surface area contributed by atoms with Crippen LogP contribution in [-0.2, 0) is 20.9 Å². The summed E-state index contributed by atoms with van der Waals surface area (Å²) < 4.78 is 16.2. The molecule has 126 valence electrons. The molecule has 0 saturated heterocycles. The highest BCUT2D eigenvalue weighted by Gasteiger charge is 2.31. The van der Waals surface area contributed by atoms with Crippen molar-refractivity contribution in [2.45, 2.75) is 25.7 Å². The van der Waals surface area contributed by atoms with Crippen molar-refractivity contribution in [3.63, 3.8) is 0 Å². The van der Waals surface area contributed by atoms with Gasteiger partial charge in [0.15, 0.2) is 17.6 Å². The van der Waals surface area contributed by atoms with Crippen LogP contribution in [0.2, 0.25) is 0 Å². The number of hydrogen-bond acceptors (Lipinski definition) is 6. The molecule has 1 N–H and O–H groups in total. The van der Waals surface area contributed by atoms with E-state index in [9.17, 15) is 9.59 Å². The Balaban J connectivity index is 1.50. The lowest BCUT2D eigenvalue weighted by Gasteiger charge is -2.25. The summed E-state index contributed by atoms with van der Waals surface area (Å²) in [6.07, 6.45) is -1.79. The van der Waals surface area contributed by atoms with Crippen LogP contribution in [0.3, 0.4) is 0 Å². The van der Waals surface area contributed by atoms with Gasteiger partial charge in [0.05, 0.1) is 6.54 Å². The van der Waals surface area contributed by atoms with E-state index in [0.717, 1.165) is 4.88 Å². The number of nitrogens with one attached hydrogen (secondary N) is 1. The highest BCUT2D eigenvalue weighted by molar-refractivity contribution is 7.09. The Bertz CT molecular complexity index is 716. The zero-order chi connectivity index (χ0) is 16.9. The SMILES string of the molecule is C[C@@H](OC(=O)[C@H]1COc2ccccc2O1)C(=O)NCc1cccs1. The molecule has 0 saturated carbocycles. The number of rotatable bonds is 5. The molecule has 1 aliphatic heterocycles. The maximum absolute atomic E-state index is 12.2. The first-order valence-corrected chi connectivity index (χ1v) is 8.40. The van der Waals surface area contributed by atoms with Gasteiger partial charge in [0.25, 0.3) is 5.91 Å². The molecular weight excluding hydrogens is 330 g/mol. The molecule has 2 heterocycles. The maximum atomic E-state index is 12.2. The highest BCUT2D eigenvalue weighted by Crippen LogP contribution is 2.31. The molecule has 0 unspecified atom stereocenters. The molecule has 0 spiro atoms. The van der Waals surface area contributed by atoms with Crippen LogP contribution in [0, 0.1) is 0 Å². The summed E-state index contributed by atoms with van der Waals surface area (Å²) in [7, 11) is 0. The van der Waals surface area contributed by atoms with Crippen LogP contribution in [0.25, 0.3) is 0 Å². The standard InChI is InChI=1S/C17H17NO5S/c1-11(16(19)18-9-12-5-4-8-24-12)22-17(20)15-10-21-13-6-2-3-7-14(13)23-15/h2-8,11,15H,9-10H2,1H3,(H,18,19)/t11-,15-/m1/s1. The van der Waals surface area contributed by atoms with Gasteiger partial charge in [-0.25, -0.2) is 4.79 Å². The van der Waals surface area contributed by atoms with Crippen LogP contribution in [-0.4, -0.2) is 30.7 Å². The number of para-hydroxylation sites is 2. The van der Waals surface area contributed by atoms with E-state index in [4.69, 9.17) is 14.2 Å². The van der Waals surface area contributed by atoms with Gasteiger partial charge < -0.3 is 19.5 Å². The van der Waals surface area contributed by atoms with Crippen LogP contribution in [0.4, 0.5) is 0 Å². The fourth-order valence-corrected chi connectivity index (χ4v) is 2.82. The number of ether oxygens (including phenoxy) is 3. The predicted molar refractivity (Wildman–Crippen MR) is 88.1 cm³/mol. The summed E-state index contributed by atoms with van der Waals surface area (Å²) in [6, 6.07) is 10.9. The molecule has 2 atom stereocenters. The van der Waals surface area contributed by atoms with Gasteiger partial charge in [-0.1, -0.05) is 18.2 Å². The van der Waals surface area contributed by atoms with Crippen molar-refractivity contribution < 1.29 is 23.8 Å². The van der Waals surface area contributed by atoms with E-state index in [0.29, 0.717) is 18.0 Å². The number of carbonyl (C=O) groups excluding carboxylic acids is 2. The Hall–Kier alpha value is -2.54. The first-order valence-electron chi connectivity index (χ1n) is 7.52. The number of carbonyl (C=O) groups is 2. The normalized spacial score (nSPS) is 17.0. The lowest BCUT2D eigenvalue weighted by atomic mass is 10.2. The van der Waals surface area contributed by atoms with E-state index >= 15 is 0 Å². The molecule has 3 rings (SSSR count). The monoisotopic (exact) mass is 347 g/mol. The Morgan fingerprint density at radius 2 is 2.08 bits per heavy atom. The third-order valence-electron chi connectivity index (χ3n) is 3.45. The Morgan fingerprint density at radius 3 is 2.83 bits per heavy atom. The minimum atomic E-state index is -0.904. The Morgan fingerprint density at radius 1 is 1.29 bits per heavy atom. The van der Waals surface area contributed by atoms with Crippen LogP contribution in [0.5, 0.6) is 11.5 Å². The van der Waals surface area contributed by atoms with Crippen molar-refractivity contribution in [3.05, 3.63) is 46.7 Å². The predicted octanol–water partition coefficient (Wildman–Crippen LogP) is 2.14. The minimum Gasteiger partial charge on any atom is -0.485 e. The Kier molecular flexibility index (Phi) is 5.00. The van der Waals surface area contributed by atoms with Gasteiger partial charge in [-0.15, -0.1) is 11.3 Å². The quantitative estimate of drug-likeness (QED) is 0.839. The molecule has 1 amide bonds. The second-order valence-electron chi connectivity index (χ2n) is 5.24. The molecule has 0 bridgehead atoms. The smallest absolute Gasteiger partial charge is 0.351 e. The van der Waals surface area contributed by atoms with Crippen LogP contribution in [0.15, 0.2) is 41.8 Å². The molecule has 7 heteroatoms. The minimum absolute atomic E-state index is 0.0549. The lowest BCUT2D eigenvalue weighted by molar-refractivity contribution is -0.163. The number of hydrogen-bond donors (Lipinski definition) is 1. The molecule has 0 aliphatic carbocycles. The summed E-state index contributed by atoms with van der Waals surface area (Å²) in [5.74, 6) is 0.0981. The van der Waals surface area contributed by atoms with Crippen molar-refractivity contribution >= 4 is 23.2 Å². The van der Waals surface area contributed by atoms with E-state index in [2.05, 4.69) is 5.32 Å². The highest BCUT2D eigenvalue weighted by atomic mass is 32.1. The van der Waals surface area contributed by atoms with Crippen molar-refractivity contribution in [1.82, 2.24) is 5.32 Å². The maximum Gasteiger partial charge on any atom is 0.351 e. The molecule has 0 radical (unpaired) electrons. The molecular formula is C17H17NO5S. The zero-order valence-corrected chi connectivity index (χ0v) is 13.9. The lowest BCUT2D eigenvalue weighted by Crippen LogP contribution is -2.42. The number of amides is 1. The van der Waals surface area contributed by atoms with Gasteiger partial charge >= 0.3 is 5.97 Å². The molecule has 1 aromatic carbocycles. The first-order chi connectivity index (χ1) is 11.6. The fourth-order valence-electron chi connectivity index (χ4n) is 2.17. The first kappa shape index (κ1) is 16.3. The van der Waals surface area contributed by atoms with E-state index in [1.54, 1.807) is 29.5 Å². The van der Waals surface area contributed by atoms with Gasteiger partial charge in [0.2, 0.25) is 6.10 Å². The number of thiophene rings is 1. The largest absolute Gasteiger partial charge is 0.485 e. The van der Waals surface area contributed by atoms with E-state index < -0.39 is 18.2 Å². The molecule has 2 aromatic rings. The van der Waals surface area contributed by atoms with E-state index in [1.165, 1.54) is 6.92 Å². The third kappa shape index (κ3) is 3.86. The van der Waals surface area contributed by atoms with Crippen LogP contribution >= 0.6 is 11.3 Å². The average molecular weight is 347 g/mol. The summed E-state index contributed by atoms with van der Waals surface area (Å²) in [6.45, 7) is 1.99. The van der Waals surface area contributed by atoms with Crippen LogP contribution < -0.4 is 14.8 Å². The molecule has 1 aromatic heterocycles. The van der Waals surface area contributed by atoms with Gasteiger partial charge in [-0.2, -0.15) is 0 Å². The number of esters is 1. The number of fused-ring (bicyclic) bond motifs is 1. The van der Waals surface area contributed by atoms with Gasteiger partial charge in [-0.05, 0) is 30.5 Å². The van der Waals surface area contributed by atoms with Crippen molar-refractivity contribution in [3.8, 4) is 11.5 Å². The van der Waals surface area contributed by atoms with E-state index in [1.807, 2.05) is 23.6 Å². The summed E-state index contributed by atoms with van der Waals surface area (Å²) in [5.41, 5.74) is 0. The average Bonchev–Trinajstić information content (AvgIpc) is 3.12. The Labute approximate surface area is 143 Å². The van der Waals surface area contributed by atoms with Gasteiger partial charge in [0, 0.05) is 4.88 Å². The molecule has 24 heavy (non-hydrogen) atoms. The van der Waals surface area contributed by atoms with Crippen molar-refractivity contribution in [2.24, 2.45) is 0 Å². The zero-order valence-electron chi connectivity index (χ0n) is 13.1. The van der Waals surface area contributed by atoms with Gasteiger partial charge in [-0.3, -0.25) is 4.79 Å². The van der Waals surface area contributed by atoms with Gasteiger partial charge in [0.1, 0.15) is 6.61 Å². The summed E-state index contributed by atoms with van der Waals surface area (Å²) in [4.78, 5) is 25.2. The fraction of sp³-hybridized carbons (Fsp3) is 0.294. The van der Waals surface area contributed by atoms with Crippen molar-refractivity contribution in [1.29, 1.82) is 0 Å².